The first kappa shape index (κ1) is 25.1. The van der Waals surface area contributed by atoms with Crippen molar-refractivity contribution in [3.63, 3.8) is 0 Å². The van der Waals surface area contributed by atoms with Crippen LogP contribution in [0.2, 0.25) is 0 Å². The van der Waals surface area contributed by atoms with Crippen LogP contribution in [0.25, 0.3) is 0 Å². The molecule has 2 heterocycles. The molecule has 34 heavy (non-hydrogen) atoms. The van der Waals surface area contributed by atoms with Gasteiger partial charge in [0.15, 0.2) is 6.17 Å². The Kier molecular flexibility index (Phi) is 8.55. The van der Waals surface area contributed by atoms with Crippen LogP contribution in [0, 0.1) is 6.92 Å². The zero-order valence-electron chi connectivity index (χ0n) is 18.9. The van der Waals surface area contributed by atoms with E-state index in [2.05, 4.69) is 10.6 Å². The Morgan fingerprint density at radius 3 is 2.24 bits per heavy atom. The number of benzene rings is 1. The Labute approximate surface area is 204 Å². The van der Waals surface area contributed by atoms with E-state index in [1.807, 2.05) is 0 Å². The highest BCUT2D eigenvalue weighted by Gasteiger charge is 2.30. The average molecular weight is 501 g/mol. The Hall–Kier alpha value is -3.50. The molecular formula is C24H24N2O6S2. The number of carbonyl (C=O) groups excluding carboxylic acids is 4. The quantitative estimate of drug-likeness (QED) is 0.239. The van der Waals surface area contributed by atoms with Crippen LogP contribution in [0.4, 0.5) is 5.00 Å². The molecule has 0 fully saturated rings. The fourth-order valence-electron chi connectivity index (χ4n) is 3.13. The van der Waals surface area contributed by atoms with E-state index >= 15 is 0 Å². The summed E-state index contributed by atoms with van der Waals surface area (Å²) in [5, 5.41) is 7.64. The number of ketones is 1. The minimum atomic E-state index is -1.21. The largest absolute Gasteiger partial charge is 0.462 e. The molecule has 1 amide bonds. The smallest absolute Gasteiger partial charge is 0.348 e. The lowest BCUT2D eigenvalue weighted by molar-refractivity contribution is 0.0526. The van der Waals surface area contributed by atoms with Crippen molar-refractivity contribution in [2.45, 2.75) is 26.9 Å². The van der Waals surface area contributed by atoms with E-state index in [4.69, 9.17) is 9.47 Å². The van der Waals surface area contributed by atoms with Gasteiger partial charge in [0.05, 0.1) is 23.7 Å². The monoisotopic (exact) mass is 500 g/mol. The number of ether oxygens (including phenoxy) is 2. The molecule has 178 valence electrons. The number of carbonyl (C=O) groups is 4. The molecule has 8 nitrogen and oxygen atoms in total. The fourth-order valence-corrected chi connectivity index (χ4v) is 4.88. The Balaban J connectivity index is 2.02. The van der Waals surface area contributed by atoms with Gasteiger partial charge in [-0.25, -0.2) is 9.59 Å². The van der Waals surface area contributed by atoms with Crippen LogP contribution in [0.5, 0.6) is 0 Å². The molecule has 0 aliphatic carbocycles. The van der Waals surface area contributed by atoms with Crippen molar-refractivity contribution in [2.24, 2.45) is 0 Å². The molecule has 0 radical (unpaired) electrons. The lowest BCUT2D eigenvalue weighted by atomic mass is 10.1. The van der Waals surface area contributed by atoms with Gasteiger partial charge in [0, 0.05) is 5.56 Å². The van der Waals surface area contributed by atoms with Crippen LogP contribution in [-0.2, 0) is 9.47 Å². The van der Waals surface area contributed by atoms with Crippen molar-refractivity contribution < 1.29 is 28.7 Å². The van der Waals surface area contributed by atoms with Gasteiger partial charge in [0.1, 0.15) is 9.88 Å². The van der Waals surface area contributed by atoms with Gasteiger partial charge < -0.3 is 20.1 Å². The summed E-state index contributed by atoms with van der Waals surface area (Å²) in [6.07, 6.45) is -1.21. The van der Waals surface area contributed by atoms with Crippen LogP contribution >= 0.6 is 22.7 Å². The van der Waals surface area contributed by atoms with E-state index in [1.54, 1.807) is 68.6 Å². The standard InChI is InChI=1S/C24H24N2O6S2/c1-4-31-23(29)17-14(3)19(24(30)32-5-2)34-22(17)26-20(18(27)15-10-7-6-8-11-15)25-21(28)16-12-9-13-33-16/h6-13,20,26H,4-5H2,1-3H3,(H,25,28)/t20-/m1/s1. The van der Waals surface area contributed by atoms with E-state index in [0.717, 1.165) is 11.3 Å². The van der Waals surface area contributed by atoms with Crippen molar-refractivity contribution in [1.29, 1.82) is 0 Å². The molecule has 2 N–H and O–H groups in total. The summed E-state index contributed by atoms with van der Waals surface area (Å²) < 4.78 is 10.3. The normalized spacial score (nSPS) is 11.4. The van der Waals surface area contributed by atoms with Crippen LogP contribution in [0.1, 0.15) is 59.5 Å². The summed E-state index contributed by atoms with van der Waals surface area (Å²) in [6.45, 7) is 5.25. The molecule has 0 aliphatic rings. The molecule has 3 rings (SSSR count). The van der Waals surface area contributed by atoms with E-state index in [-0.39, 0.29) is 28.7 Å². The minimum absolute atomic E-state index is 0.117. The predicted octanol–water partition coefficient (Wildman–Crippen LogP) is 4.52. The molecular weight excluding hydrogens is 476 g/mol. The van der Waals surface area contributed by atoms with E-state index in [1.165, 1.54) is 11.3 Å². The van der Waals surface area contributed by atoms with Crippen LogP contribution < -0.4 is 10.6 Å². The number of amides is 1. The summed E-state index contributed by atoms with van der Waals surface area (Å²) in [5.74, 6) is -2.10. The summed E-state index contributed by atoms with van der Waals surface area (Å²) in [4.78, 5) is 51.9. The van der Waals surface area contributed by atoms with Gasteiger partial charge in [-0.05, 0) is 37.8 Å². The summed E-state index contributed by atoms with van der Waals surface area (Å²) in [5.41, 5.74) is 0.856. The Morgan fingerprint density at radius 1 is 0.941 bits per heavy atom. The first-order valence-electron chi connectivity index (χ1n) is 10.5. The third kappa shape index (κ3) is 5.70. The van der Waals surface area contributed by atoms with Gasteiger partial charge in [-0.2, -0.15) is 0 Å². The number of anilines is 1. The molecule has 0 spiro atoms. The van der Waals surface area contributed by atoms with Crippen molar-refractivity contribution in [1.82, 2.24) is 5.32 Å². The SMILES string of the molecule is CCOC(=O)c1sc(N[C@@H](NC(=O)c2cccs2)C(=O)c2ccccc2)c(C(=O)OCC)c1C. The number of esters is 2. The topological polar surface area (TPSA) is 111 Å². The van der Waals surface area contributed by atoms with Gasteiger partial charge in [-0.1, -0.05) is 36.4 Å². The van der Waals surface area contributed by atoms with E-state index < -0.39 is 29.8 Å². The first-order chi connectivity index (χ1) is 16.4. The highest BCUT2D eigenvalue weighted by molar-refractivity contribution is 7.18. The van der Waals surface area contributed by atoms with Crippen LogP contribution in [0.15, 0.2) is 47.8 Å². The maximum absolute atomic E-state index is 13.3. The molecule has 1 aromatic carbocycles. The second kappa shape index (κ2) is 11.6. The number of hydrogen-bond acceptors (Lipinski definition) is 9. The molecule has 10 heteroatoms. The Bertz CT molecular complexity index is 1170. The molecule has 2 aromatic heterocycles. The van der Waals surface area contributed by atoms with Crippen molar-refractivity contribution in [3.05, 3.63) is 74.3 Å². The van der Waals surface area contributed by atoms with Gasteiger partial charge in [-0.3, -0.25) is 9.59 Å². The maximum Gasteiger partial charge on any atom is 0.348 e. The van der Waals surface area contributed by atoms with Crippen molar-refractivity contribution in [2.75, 3.05) is 18.5 Å². The van der Waals surface area contributed by atoms with Gasteiger partial charge >= 0.3 is 11.9 Å². The second-order valence-corrected chi connectivity index (χ2v) is 8.93. The maximum atomic E-state index is 13.3. The summed E-state index contributed by atoms with van der Waals surface area (Å²) >= 11 is 2.20. The molecule has 1 atom stereocenters. The Morgan fingerprint density at radius 2 is 1.62 bits per heavy atom. The van der Waals surface area contributed by atoms with Crippen LogP contribution in [-0.4, -0.2) is 43.0 Å². The zero-order chi connectivity index (χ0) is 24.7. The van der Waals surface area contributed by atoms with E-state index in [9.17, 15) is 19.2 Å². The van der Waals surface area contributed by atoms with Gasteiger partial charge in [0.25, 0.3) is 5.91 Å². The third-order valence-corrected chi connectivity index (χ3v) is 6.78. The van der Waals surface area contributed by atoms with E-state index in [0.29, 0.717) is 16.0 Å². The predicted molar refractivity (Wildman–Crippen MR) is 131 cm³/mol. The minimum Gasteiger partial charge on any atom is -0.462 e. The zero-order valence-corrected chi connectivity index (χ0v) is 20.5. The lowest BCUT2D eigenvalue weighted by Gasteiger charge is -2.20. The molecule has 0 saturated heterocycles. The second-order valence-electron chi connectivity index (χ2n) is 6.96. The number of nitrogens with one attached hydrogen (secondary N) is 2. The molecule has 0 unspecified atom stereocenters. The average Bonchev–Trinajstić information content (AvgIpc) is 3.47. The molecule has 0 aliphatic heterocycles. The highest BCUT2D eigenvalue weighted by atomic mass is 32.1. The fraction of sp³-hybridized carbons (Fsp3) is 0.250. The number of hydrogen-bond donors (Lipinski definition) is 2. The molecule has 0 saturated carbocycles. The first-order valence-corrected chi connectivity index (χ1v) is 12.2. The van der Waals surface area contributed by atoms with Crippen LogP contribution in [0.3, 0.4) is 0 Å². The molecule has 3 aromatic rings. The lowest BCUT2D eigenvalue weighted by Crippen LogP contribution is -2.46. The molecule has 0 bridgehead atoms. The van der Waals surface area contributed by atoms with Crippen molar-refractivity contribution in [3.8, 4) is 0 Å². The number of Topliss-reactive ketones (excluding diaryl/α,β-unsaturated/α-hetero) is 1. The third-order valence-electron chi connectivity index (χ3n) is 4.70. The summed E-state index contributed by atoms with van der Waals surface area (Å²) in [7, 11) is 0. The van der Waals surface area contributed by atoms with Crippen molar-refractivity contribution >= 4 is 51.3 Å². The van der Waals surface area contributed by atoms with Gasteiger partial charge in [0.2, 0.25) is 5.78 Å². The number of rotatable bonds is 10. The summed E-state index contributed by atoms with van der Waals surface area (Å²) in [6, 6.07) is 11.8. The highest BCUT2D eigenvalue weighted by Crippen LogP contribution is 2.35. The number of thiophene rings is 2. The van der Waals surface area contributed by atoms with Gasteiger partial charge in [-0.15, -0.1) is 22.7 Å².